The molecular formula is C18H13BrFN5O3. The molecule has 1 N–H and O–H groups in total. The molecule has 3 rings (SSSR count). The molecule has 0 saturated carbocycles. The number of benzene rings is 2. The monoisotopic (exact) mass is 445 g/mol. The Morgan fingerprint density at radius 2 is 2.00 bits per heavy atom. The summed E-state index contributed by atoms with van der Waals surface area (Å²) >= 11 is 3.33. The second-order valence-electron chi connectivity index (χ2n) is 5.66. The van der Waals surface area contributed by atoms with Crippen LogP contribution in [0, 0.1) is 15.9 Å². The summed E-state index contributed by atoms with van der Waals surface area (Å²) in [5.74, 6) is -1.38. The van der Waals surface area contributed by atoms with Crippen molar-refractivity contribution in [2.75, 3.05) is 0 Å². The highest BCUT2D eigenvalue weighted by Gasteiger charge is 2.25. The fraction of sp³-hybridized carbons (Fsp3) is 0.0556. The van der Waals surface area contributed by atoms with Gasteiger partial charge in [-0.1, -0.05) is 46.3 Å². The van der Waals surface area contributed by atoms with Gasteiger partial charge in [0.25, 0.3) is 5.91 Å². The topological polar surface area (TPSA) is 102 Å². The van der Waals surface area contributed by atoms with E-state index in [2.05, 4.69) is 31.6 Å². The van der Waals surface area contributed by atoms with Gasteiger partial charge in [0.05, 0.1) is 17.7 Å². The Kier molecular flexibility index (Phi) is 5.90. The molecule has 0 aliphatic heterocycles. The van der Waals surface area contributed by atoms with Gasteiger partial charge < -0.3 is 0 Å². The van der Waals surface area contributed by atoms with E-state index < -0.39 is 22.3 Å². The van der Waals surface area contributed by atoms with E-state index in [4.69, 9.17) is 0 Å². The summed E-state index contributed by atoms with van der Waals surface area (Å²) in [6, 6.07) is 13.2. The fourth-order valence-electron chi connectivity index (χ4n) is 2.36. The van der Waals surface area contributed by atoms with Crippen LogP contribution in [-0.4, -0.2) is 26.8 Å². The first-order valence-corrected chi connectivity index (χ1v) is 8.77. The van der Waals surface area contributed by atoms with Crippen LogP contribution < -0.4 is 5.43 Å². The van der Waals surface area contributed by atoms with Crippen LogP contribution in [0.25, 0.3) is 0 Å². The second-order valence-corrected chi connectivity index (χ2v) is 6.58. The molecule has 0 fully saturated rings. The van der Waals surface area contributed by atoms with E-state index in [1.54, 1.807) is 6.07 Å². The van der Waals surface area contributed by atoms with Crippen molar-refractivity contribution in [3.63, 3.8) is 0 Å². The van der Waals surface area contributed by atoms with Crippen molar-refractivity contribution in [2.45, 2.75) is 6.54 Å². The molecule has 8 nitrogen and oxygen atoms in total. The van der Waals surface area contributed by atoms with Gasteiger partial charge in [-0.2, -0.15) is 10.2 Å². The molecule has 0 atom stereocenters. The van der Waals surface area contributed by atoms with Gasteiger partial charge in [-0.3, -0.25) is 19.6 Å². The van der Waals surface area contributed by atoms with Crippen LogP contribution >= 0.6 is 15.9 Å². The highest BCUT2D eigenvalue weighted by atomic mass is 79.9. The van der Waals surface area contributed by atoms with Crippen LogP contribution in [0.1, 0.15) is 21.6 Å². The molecular weight excluding hydrogens is 433 g/mol. The van der Waals surface area contributed by atoms with E-state index in [1.165, 1.54) is 29.1 Å². The van der Waals surface area contributed by atoms with Crippen molar-refractivity contribution in [2.24, 2.45) is 5.10 Å². The predicted molar refractivity (Wildman–Crippen MR) is 104 cm³/mol. The smallest absolute Gasteiger partial charge is 0.265 e. The normalized spacial score (nSPS) is 10.9. The molecule has 10 heteroatoms. The molecule has 0 saturated heterocycles. The van der Waals surface area contributed by atoms with Crippen molar-refractivity contribution in [3.8, 4) is 0 Å². The quantitative estimate of drug-likeness (QED) is 0.356. The standard InChI is InChI=1S/C18H13BrFN5O3/c19-14-7-5-12(6-8-14)10-24-11-16(25(27)28)17(23-24)18(26)22-21-9-13-3-1-2-4-15(13)20/h1-9,11H,10H2,(H,22,26)/b21-9+. The van der Waals surface area contributed by atoms with Crippen LogP contribution in [0.4, 0.5) is 10.1 Å². The number of halogens is 2. The molecule has 1 heterocycles. The maximum atomic E-state index is 13.5. The maximum Gasteiger partial charge on any atom is 0.320 e. The number of hydrazone groups is 1. The lowest BCUT2D eigenvalue weighted by molar-refractivity contribution is -0.385. The minimum absolute atomic E-state index is 0.165. The summed E-state index contributed by atoms with van der Waals surface area (Å²) in [6.45, 7) is 0.250. The number of aromatic nitrogens is 2. The minimum Gasteiger partial charge on any atom is -0.265 e. The molecule has 142 valence electrons. The van der Waals surface area contributed by atoms with Crippen molar-refractivity contribution < 1.29 is 14.1 Å². The number of hydrogen-bond donors (Lipinski definition) is 1. The highest BCUT2D eigenvalue weighted by molar-refractivity contribution is 9.10. The fourth-order valence-corrected chi connectivity index (χ4v) is 2.62. The predicted octanol–water partition coefficient (Wildman–Crippen LogP) is 3.51. The third kappa shape index (κ3) is 4.65. The number of nitrogens with zero attached hydrogens (tertiary/aromatic N) is 4. The summed E-state index contributed by atoms with van der Waals surface area (Å²) in [6.07, 6.45) is 2.29. The average molecular weight is 446 g/mol. The number of hydrogen-bond acceptors (Lipinski definition) is 5. The van der Waals surface area contributed by atoms with Gasteiger partial charge in [0.1, 0.15) is 12.0 Å². The van der Waals surface area contributed by atoms with E-state index in [-0.39, 0.29) is 17.8 Å². The van der Waals surface area contributed by atoms with Crippen molar-refractivity contribution in [3.05, 3.63) is 92.0 Å². The Bertz CT molecular complexity index is 1050. The van der Waals surface area contributed by atoms with E-state index >= 15 is 0 Å². The summed E-state index contributed by atoms with van der Waals surface area (Å²) in [5, 5.41) is 18.9. The minimum atomic E-state index is -0.867. The molecule has 0 spiro atoms. The zero-order valence-electron chi connectivity index (χ0n) is 14.3. The zero-order valence-corrected chi connectivity index (χ0v) is 15.8. The molecule has 0 aliphatic rings. The third-order valence-electron chi connectivity index (χ3n) is 3.69. The first-order valence-electron chi connectivity index (χ1n) is 7.98. The van der Waals surface area contributed by atoms with Crippen LogP contribution in [0.2, 0.25) is 0 Å². The highest BCUT2D eigenvalue weighted by Crippen LogP contribution is 2.18. The molecule has 0 aliphatic carbocycles. The average Bonchev–Trinajstić information content (AvgIpc) is 3.09. The molecule has 28 heavy (non-hydrogen) atoms. The Labute approximate surface area is 167 Å². The largest absolute Gasteiger partial charge is 0.320 e. The van der Waals surface area contributed by atoms with Gasteiger partial charge >= 0.3 is 5.69 Å². The van der Waals surface area contributed by atoms with Gasteiger partial charge in [-0.15, -0.1) is 0 Å². The first-order chi connectivity index (χ1) is 13.4. The Morgan fingerprint density at radius 3 is 2.68 bits per heavy atom. The number of nitro groups is 1. The number of carbonyl (C=O) groups excluding carboxylic acids is 1. The van der Waals surface area contributed by atoms with E-state index in [0.717, 1.165) is 16.3 Å². The van der Waals surface area contributed by atoms with Crippen LogP contribution in [0.5, 0.6) is 0 Å². The second kappa shape index (κ2) is 8.53. The molecule has 1 amide bonds. The van der Waals surface area contributed by atoms with Gasteiger partial charge in [-0.25, -0.2) is 9.82 Å². The van der Waals surface area contributed by atoms with Gasteiger partial charge in [0, 0.05) is 10.0 Å². The van der Waals surface area contributed by atoms with Crippen LogP contribution in [0.3, 0.4) is 0 Å². The maximum absolute atomic E-state index is 13.5. The number of rotatable bonds is 6. The van der Waals surface area contributed by atoms with Gasteiger partial charge in [-0.05, 0) is 23.8 Å². The third-order valence-corrected chi connectivity index (χ3v) is 4.22. The van der Waals surface area contributed by atoms with Crippen molar-refractivity contribution >= 4 is 33.7 Å². The molecule has 0 unspecified atom stereocenters. The SMILES string of the molecule is O=C(N/N=C/c1ccccc1F)c1nn(Cc2ccc(Br)cc2)cc1[N+](=O)[O-]. The summed E-state index contributed by atoms with van der Waals surface area (Å²) < 4.78 is 15.7. The Hall–Kier alpha value is -3.40. The first kappa shape index (κ1) is 19.4. The lowest BCUT2D eigenvalue weighted by Crippen LogP contribution is -2.20. The van der Waals surface area contributed by atoms with Gasteiger partial charge in [0.15, 0.2) is 0 Å². The summed E-state index contributed by atoms with van der Waals surface area (Å²) in [7, 11) is 0. The van der Waals surface area contributed by atoms with Gasteiger partial charge in [0.2, 0.25) is 5.69 Å². The zero-order chi connectivity index (χ0) is 20.1. The summed E-state index contributed by atoms with van der Waals surface area (Å²) in [4.78, 5) is 22.8. The van der Waals surface area contributed by atoms with E-state index in [0.29, 0.717) is 0 Å². The lowest BCUT2D eigenvalue weighted by atomic mass is 10.2. The molecule has 0 bridgehead atoms. The lowest BCUT2D eigenvalue weighted by Gasteiger charge is -2.01. The Balaban J connectivity index is 1.77. The van der Waals surface area contributed by atoms with Crippen LogP contribution in [0.15, 0.2) is 64.3 Å². The van der Waals surface area contributed by atoms with Crippen molar-refractivity contribution in [1.29, 1.82) is 0 Å². The van der Waals surface area contributed by atoms with Crippen LogP contribution in [-0.2, 0) is 6.54 Å². The van der Waals surface area contributed by atoms with Crippen molar-refractivity contribution in [1.82, 2.24) is 15.2 Å². The summed E-state index contributed by atoms with van der Waals surface area (Å²) in [5.41, 5.74) is 2.32. The molecule has 1 aromatic heterocycles. The molecule has 2 aromatic carbocycles. The number of amides is 1. The molecule has 0 radical (unpaired) electrons. The Morgan fingerprint density at radius 1 is 1.29 bits per heavy atom. The molecule has 3 aromatic rings. The van der Waals surface area contributed by atoms with E-state index in [1.807, 2.05) is 24.3 Å². The van der Waals surface area contributed by atoms with E-state index in [9.17, 15) is 19.3 Å². The number of carbonyl (C=O) groups is 1. The number of nitrogens with one attached hydrogen (secondary N) is 1.